The Kier molecular flexibility index (Phi) is 5.40. The molecule has 134 valence electrons. The molecule has 0 aliphatic rings. The van der Waals surface area contributed by atoms with Crippen molar-refractivity contribution in [2.75, 3.05) is 0 Å². The number of hydrogen-bond acceptors (Lipinski definition) is 2. The van der Waals surface area contributed by atoms with E-state index in [0.29, 0.717) is 11.1 Å². The summed E-state index contributed by atoms with van der Waals surface area (Å²) < 4.78 is 17.6. The van der Waals surface area contributed by atoms with Gasteiger partial charge in [0.25, 0.3) is 0 Å². The Morgan fingerprint density at radius 3 is 1.54 bits per heavy atom. The van der Waals surface area contributed by atoms with Gasteiger partial charge in [-0.3, -0.25) is 4.52 Å². The van der Waals surface area contributed by atoms with Crippen molar-refractivity contribution in [2.24, 2.45) is 0 Å². The molecule has 0 fully saturated rings. The molecule has 0 saturated carbocycles. The van der Waals surface area contributed by atoms with E-state index in [2.05, 4.69) is 0 Å². The van der Waals surface area contributed by atoms with E-state index >= 15 is 0 Å². The second-order valence-corrected chi connectivity index (χ2v) is 7.35. The highest BCUT2D eigenvalue weighted by Crippen LogP contribution is 2.54. The molecule has 0 aliphatic heterocycles. The Morgan fingerprint density at radius 1 is 0.769 bits per heavy atom. The molecule has 0 aromatic heterocycles. The molecule has 0 saturated heterocycles. The summed E-state index contributed by atoms with van der Waals surface area (Å²) in [5.74, 6) is -0.346. The van der Waals surface area contributed by atoms with Crippen LogP contribution in [0.3, 0.4) is 0 Å². The summed E-state index contributed by atoms with van der Waals surface area (Å²) in [5.41, 5.74) is 0.966. The predicted octanol–water partition coefficient (Wildman–Crippen LogP) is 4.84. The number of phosphoric ester groups is 1. The fraction of sp³-hybridized carbons (Fsp3) is 0.143. The van der Waals surface area contributed by atoms with Crippen LogP contribution in [0.4, 0.5) is 0 Å². The van der Waals surface area contributed by atoms with Gasteiger partial charge in [-0.25, -0.2) is 4.57 Å². The van der Waals surface area contributed by atoms with Gasteiger partial charge in [-0.2, -0.15) is 0 Å². The van der Waals surface area contributed by atoms with Crippen molar-refractivity contribution >= 4 is 7.82 Å². The van der Waals surface area contributed by atoms with Crippen LogP contribution in [0.1, 0.15) is 29.5 Å². The molecular formula is C21H21O4P. The Balaban J connectivity index is 2.30. The summed E-state index contributed by atoms with van der Waals surface area (Å²) in [7, 11) is -4.79. The molecule has 4 nitrogen and oxygen atoms in total. The van der Waals surface area contributed by atoms with Gasteiger partial charge >= 0.3 is 7.82 Å². The molecule has 5 heteroatoms. The summed E-state index contributed by atoms with van der Waals surface area (Å²) >= 11 is 0. The molecule has 0 bridgehead atoms. The number of phosphoric acid groups is 1. The van der Waals surface area contributed by atoms with E-state index in [1.807, 2.05) is 97.9 Å². The van der Waals surface area contributed by atoms with Crippen LogP contribution in [0.25, 0.3) is 0 Å². The summed E-state index contributed by atoms with van der Waals surface area (Å²) in [6.07, 6.45) is 0. The van der Waals surface area contributed by atoms with Gasteiger partial charge in [0.1, 0.15) is 5.60 Å². The highest BCUT2D eigenvalue weighted by atomic mass is 31.2. The van der Waals surface area contributed by atoms with Crippen molar-refractivity contribution in [3.8, 4) is 0 Å². The average Bonchev–Trinajstić information content (AvgIpc) is 2.67. The second kappa shape index (κ2) is 7.56. The summed E-state index contributed by atoms with van der Waals surface area (Å²) in [5, 5.41) is 0. The molecule has 0 amide bonds. The maximum atomic E-state index is 12.0. The lowest BCUT2D eigenvalue weighted by Crippen LogP contribution is -2.36. The Morgan fingerprint density at radius 2 is 1.15 bits per heavy atom. The zero-order valence-corrected chi connectivity index (χ0v) is 15.3. The third-order valence-electron chi connectivity index (χ3n) is 4.58. The van der Waals surface area contributed by atoms with E-state index in [1.165, 1.54) is 0 Å². The lowest BCUT2D eigenvalue weighted by atomic mass is 9.74. The van der Waals surface area contributed by atoms with Crippen LogP contribution >= 0.6 is 7.82 Å². The minimum absolute atomic E-state index is 0.346. The predicted molar refractivity (Wildman–Crippen MR) is 102 cm³/mol. The average molecular weight is 368 g/mol. The summed E-state index contributed by atoms with van der Waals surface area (Å²) in [6.45, 7) is 1.92. The van der Waals surface area contributed by atoms with E-state index in [-0.39, 0.29) is 5.92 Å². The van der Waals surface area contributed by atoms with Crippen LogP contribution in [0, 0.1) is 0 Å². The van der Waals surface area contributed by atoms with Crippen molar-refractivity contribution in [3.63, 3.8) is 0 Å². The van der Waals surface area contributed by atoms with Gasteiger partial charge in [-0.05, 0) is 16.7 Å². The van der Waals surface area contributed by atoms with Gasteiger partial charge in [0, 0.05) is 5.92 Å². The fourth-order valence-corrected chi connectivity index (χ4v) is 4.13. The molecule has 26 heavy (non-hydrogen) atoms. The van der Waals surface area contributed by atoms with E-state index < -0.39 is 13.4 Å². The Hall–Kier alpha value is -2.23. The lowest BCUT2D eigenvalue weighted by molar-refractivity contribution is 0.0452. The van der Waals surface area contributed by atoms with Gasteiger partial charge in [0.05, 0.1) is 0 Å². The molecule has 3 aromatic rings. The normalized spacial score (nSPS) is 13.3. The minimum atomic E-state index is -4.79. The highest BCUT2D eigenvalue weighted by Gasteiger charge is 2.46. The molecule has 0 radical (unpaired) electrons. The van der Waals surface area contributed by atoms with E-state index in [9.17, 15) is 14.4 Å². The first kappa shape index (κ1) is 18.6. The van der Waals surface area contributed by atoms with Gasteiger partial charge < -0.3 is 9.79 Å². The summed E-state index contributed by atoms with van der Waals surface area (Å²) in [4.78, 5) is 19.5. The molecule has 2 N–H and O–H groups in total. The molecule has 1 unspecified atom stereocenters. The van der Waals surface area contributed by atoms with Gasteiger partial charge in [-0.15, -0.1) is 0 Å². The first-order chi connectivity index (χ1) is 12.4. The molecule has 1 atom stereocenters. The third-order valence-corrected chi connectivity index (χ3v) is 5.10. The van der Waals surface area contributed by atoms with Gasteiger partial charge in [-0.1, -0.05) is 97.9 Å². The van der Waals surface area contributed by atoms with E-state index in [0.717, 1.165) is 5.56 Å². The molecule has 0 aliphatic carbocycles. The van der Waals surface area contributed by atoms with Crippen molar-refractivity contribution in [2.45, 2.75) is 18.4 Å². The standard InChI is InChI=1S/C21H21O4P/c1-17(18-11-5-2-6-12-18)21(25-26(22,23)24,19-13-7-3-8-14-19)20-15-9-4-10-16-20/h2-17H,1H3,(H2,22,23,24). The first-order valence-electron chi connectivity index (χ1n) is 8.36. The molecule has 0 spiro atoms. The van der Waals surface area contributed by atoms with Crippen molar-refractivity contribution in [1.29, 1.82) is 0 Å². The number of hydrogen-bond donors (Lipinski definition) is 2. The molecule has 3 rings (SSSR count). The molecule has 0 heterocycles. The van der Waals surface area contributed by atoms with Crippen molar-refractivity contribution in [1.82, 2.24) is 0 Å². The number of benzene rings is 3. The van der Waals surface area contributed by atoms with Gasteiger partial charge in [0.15, 0.2) is 0 Å². The second-order valence-electron chi connectivity index (χ2n) is 6.18. The van der Waals surface area contributed by atoms with Gasteiger partial charge in [0.2, 0.25) is 0 Å². The monoisotopic (exact) mass is 368 g/mol. The smallest absolute Gasteiger partial charge is 0.303 e. The van der Waals surface area contributed by atoms with Crippen LogP contribution in [0.5, 0.6) is 0 Å². The lowest BCUT2D eigenvalue weighted by Gasteiger charge is -2.40. The van der Waals surface area contributed by atoms with Crippen molar-refractivity contribution in [3.05, 3.63) is 108 Å². The molecular weight excluding hydrogens is 347 g/mol. The largest absolute Gasteiger partial charge is 0.470 e. The van der Waals surface area contributed by atoms with Crippen LogP contribution in [-0.2, 0) is 14.7 Å². The highest BCUT2D eigenvalue weighted by molar-refractivity contribution is 7.46. The SMILES string of the molecule is CC(c1ccccc1)C(OP(=O)(O)O)(c1ccccc1)c1ccccc1. The van der Waals surface area contributed by atoms with Crippen LogP contribution in [-0.4, -0.2) is 9.79 Å². The van der Waals surface area contributed by atoms with Crippen LogP contribution in [0.15, 0.2) is 91.0 Å². The summed E-state index contributed by atoms with van der Waals surface area (Å²) in [6, 6.07) is 28.0. The Labute approximate surface area is 153 Å². The maximum Gasteiger partial charge on any atom is 0.470 e. The zero-order valence-electron chi connectivity index (χ0n) is 14.4. The number of rotatable bonds is 6. The quantitative estimate of drug-likeness (QED) is 0.611. The third kappa shape index (κ3) is 3.79. The van der Waals surface area contributed by atoms with Crippen molar-refractivity contribution < 1.29 is 18.9 Å². The van der Waals surface area contributed by atoms with Crippen LogP contribution in [0.2, 0.25) is 0 Å². The van der Waals surface area contributed by atoms with E-state index in [4.69, 9.17) is 4.52 Å². The zero-order chi connectivity index (χ0) is 18.6. The maximum absolute atomic E-state index is 12.0. The fourth-order valence-electron chi connectivity index (χ4n) is 3.39. The Bertz CT molecular complexity index is 836. The van der Waals surface area contributed by atoms with E-state index in [1.54, 1.807) is 0 Å². The minimum Gasteiger partial charge on any atom is -0.303 e. The van der Waals surface area contributed by atoms with Crippen LogP contribution < -0.4 is 0 Å². The first-order valence-corrected chi connectivity index (χ1v) is 9.89. The molecule has 3 aromatic carbocycles. The topological polar surface area (TPSA) is 66.8 Å².